The van der Waals surface area contributed by atoms with E-state index in [9.17, 15) is 9.59 Å². The molecule has 126 valence electrons. The number of nitrogens with one attached hydrogen (secondary N) is 1. The molecule has 4 rings (SSSR count). The summed E-state index contributed by atoms with van der Waals surface area (Å²) in [4.78, 5) is 38.6. The number of carbonyl (C=O) groups is 1. The standard InChI is InChI=1S/C17H13ClN4O2S/c18-12-4-7-25-14(12)17(24)22-6-3-11-13(9-22)20-15(21-16(11)23)10-2-1-5-19-8-10/h1-2,4-5,7-8H,3,6,9H2,(H,20,21,23). The van der Waals surface area contributed by atoms with Crippen molar-refractivity contribution in [1.29, 1.82) is 0 Å². The number of pyridine rings is 1. The Morgan fingerprint density at radius 3 is 2.96 bits per heavy atom. The predicted molar refractivity (Wildman–Crippen MR) is 95.9 cm³/mol. The Morgan fingerprint density at radius 1 is 1.36 bits per heavy atom. The van der Waals surface area contributed by atoms with Crippen molar-refractivity contribution in [2.24, 2.45) is 0 Å². The molecule has 0 unspecified atom stereocenters. The highest BCUT2D eigenvalue weighted by Gasteiger charge is 2.27. The van der Waals surface area contributed by atoms with Crippen LogP contribution in [-0.4, -0.2) is 32.3 Å². The van der Waals surface area contributed by atoms with Crippen molar-refractivity contribution < 1.29 is 4.79 Å². The zero-order chi connectivity index (χ0) is 17.4. The number of hydrogen-bond donors (Lipinski definition) is 1. The minimum Gasteiger partial charge on any atom is -0.332 e. The second-order valence-corrected chi connectivity index (χ2v) is 6.98. The van der Waals surface area contributed by atoms with Gasteiger partial charge in [-0.25, -0.2) is 4.98 Å². The van der Waals surface area contributed by atoms with E-state index >= 15 is 0 Å². The lowest BCUT2D eigenvalue weighted by Gasteiger charge is -2.27. The van der Waals surface area contributed by atoms with E-state index < -0.39 is 0 Å². The first-order valence-electron chi connectivity index (χ1n) is 7.68. The number of thiophene rings is 1. The molecule has 0 saturated carbocycles. The van der Waals surface area contributed by atoms with Gasteiger partial charge in [0, 0.05) is 30.1 Å². The Kier molecular flexibility index (Phi) is 4.10. The van der Waals surface area contributed by atoms with Gasteiger partial charge in [-0.1, -0.05) is 11.6 Å². The minimum absolute atomic E-state index is 0.129. The summed E-state index contributed by atoms with van der Waals surface area (Å²) in [5, 5.41) is 2.24. The third-order valence-corrected chi connectivity index (χ3v) is 5.44. The van der Waals surface area contributed by atoms with Crippen molar-refractivity contribution in [2.75, 3.05) is 6.54 Å². The molecular formula is C17H13ClN4O2S. The van der Waals surface area contributed by atoms with Crippen LogP contribution in [0.15, 0.2) is 40.8 Å². The maximum Gasteiger partial charge on any atom is 0.265 e. The fourth-order valence-corrected chi connectivity index (χ4v) is 3.95. The van der Waals surface area contributed by atoms with Crippen LogP contribution in [0.2, 0.25) is 5.02 Å². The Labute approximate surface area is 152 Å². The number of H-pyrrole nitrogens is 1. The number of amides is 1. The maximum atomic E-state index is 12.7. The van der Waals surface area contributed by atoms with Crippen LogP contribution < -0.4 is 5.56 Å². The second-order valence-electron chi connectivity index (χ2n) is 5.66. The van der Waals surface area contributed by atoms with E-state index in [0.717, 1.165) is 5.56 Å². The van der Waals surface area contributed by atoms with Crippen molar-refractivity contribution in [3.8, 4) is 11.4 Å². The molecule has 0 spiro atoms. The van der Waals surface area contributed by atoms with E-state index in [-0.39, 0.29) is 11.5 Å². The molecule has 0 aliphatic carbocycles. The lowest BCUT2D eigenvalue weighted by Crippen LogP contribution is -2.39. The van der Waals surface area contributed by atoms with Crippen LogP contribution in [0, 0.1) is 0 Å². The van der Waals surface area contributed by atoms with Crippen LogP contribution in [-0.2, 0) is 13.0 Å². The number of nitrogens with zero attached hydrogens (tertiary/aromatic N) is 3. The summed E-state index contributed by atoms with van der Waals surface area (Å²) in [6, 6.07) is 5.32. The lowest BCUT2D eigenvalue weighted by molar-refractivity contribution is 0.0736. The summed E-state index contributed by atoms with van der Waals surface area (Å²) in [5.41, 5.74) is 1.82. The Hall–Kier alpha value is -2.51. The number of rotatable bonds is 2. The molecule has 0 fully saturated rings. The third-order valence-electron chi connectivity index (χ3n) is 4.11. The summed E-state index contributed by atoms with van der Waals surface area (Å²) in [6.45, 7) is 0.761. The molecule has 1 aliphatic rings. The first kappa shape index (κ1) is 16.0. The van der Waals surface area contributed by atoms with Crippen LogP contribution in [0.1, 0.15) is 20.9 Å². The number of fused-ring (bicyclic) bond motifs is 1. The maximum absolute atomic E-state index is 12.7. The van der Waals surface area contributed by atoms with Crippen molar-refractivity contribution >= 4 is 28.8 Å². The molecule has 6 nitrogen and oxygen atoms in total. The molecule has 3 aromatic rings. The highest BCUT2D eigenvalue weighted by atomic mass is 35.5. The highest BCUT2D eigenvalue weighted by Crippen LogP contribution is 2.26. The number of aromatic nitrogens is 3. The average Bonchev–Trinajstić information content (AvgIpc) is 3.07. The van der Waals surface area contributed by atoms with E-state index in [2.05, 4.69) is 15.0 Å². The molecule has 1 N–H and O–H groups in total. The van der Waals surface area contributed by atoms with E-state index in [0.29, 0.717) is 46.5 Å². The monoisotopic (exact) mass is 372 g/mol. The first-order valence-corrected chi connectivity index (χ1v) is 8.94. The molecule has 3 aromatic heterocycles. The summed E-state index contributed by atoms with van der Waals surface area (Å²) >= 11 is 7.39. The van der Waals surface area contributed by atoms with Gasteiger partial charge in [0.1, 0.15) is 10.7 Å². The van der Waals surface area contributed by atoms with Gasteiger partial charge in [-0.3, -0.25) is 14.6 Å². The van der Waals surface area contributed by atoms with Crippen LogP contribution in [0.25, 0.3) is 11.4 Å². The molecule has 0 aromatic carbocycles. The van der Waals surface area contributed by atoms with E-state index in [1.807, 2.05) is 6.07 Å². The topological polar surface area (TPSA) is 79.0 Å². The quantitative estimate of drug-likeness (QED) is 0.750. The lowest BCUT2D eigenvalue weighted by atomic mass is 10.1. The average molecular weight is 373 g/mol. The van der Waals surface area contributed by atoms with Gasteiger partial charge in [0.05, 0.1) is 17.3 Å². The molecule has 8 heteroatoms. The fourth-order valence-electron chi connectivity index (χ4n) is 2.84. The molecule has 0 radical (unpaired) electrons. The van der Waals surface area contributed by atoms with Gasteiger partial charge in [-0.2, -0.15) is 0 Å². The van der Waals surface area contributed by atoms with Gasteiger partial charge >= 0.3 is 0 Å². The number of hydrogen-bond acceptors (Lipinski definition) is 5. The van der Waals surface area contributed by atoms with Crippen LogP contribution in [0.4, 0.5) is 0 Å². The van der Waals surface area contributed by atoms with Gasteiger partial charge in [0.2, 0.25) is 0 Å². The molecule has 4 heterocycles. The first-order chi connectivity index (χ1) is 12.1. The number of halogens is 1. The van der Waals surface area contributed by atoms with Crippen LogP contribution >= 0.6 is 22.9 Å². The largest absolute Gasteiger partial charge is 0.332 e. The molecule has 25 heavy (non-hydrogen) atoms. The number of carbonyl (C=O) groups excluding carboxylic acids is 1. The molecule has 1 amide bonds. The molecule has 0 atom stereocenters. The van der Waals surface area contributed by atoms with Crippen molar-refractivity contribution in [1.82, 2.24) is 19.9 Å². The Morgan fingerprint density at radius 2 is 2.24 bits per heavy atom. The molecule has 0 bridgehead atoms. The van der Waals surface area contributed by atoms with Gasteiger partial charge < -0.3 is 9.88 Å². The van der Waals surface area contributed by atoms with Gasteiger partial charge in [0.15, 0.2) is 0 Å². The zero-order valence-corrected chi connectivity index (χ0v) is 14.6. The Bertz CT molecular complexity index is 999. The zero-order valence-electron chi connectivity index (χ0n) is 13.0. The smallest absolute Gasteiger partial charge is 0.265 e. The van der Waals surface area contributed by atoms with E-state index in [1.54, 1.807) is 34.8 Å². The van der Waals surface area contributed by atoms with Gasteiger partial charge in [0.25, 0.3) is 11.5 Å². The second kappa shape index (κ2) is 6.42. The Balaban J connectivity index is 1.68. The third kappa shape index (κ3) is 2.96. The van der Waals surface area contributed by atoms with Gasteiger partial charge in [-0.05, 0) is 30.0 Å². The summed E-state index contributed by atoms with van der Waals surface area (Å²) in [6.07, 6.45) is 3.77. The van der Waals surface area contributed by atoms with E-state index in [4.69, 9.17) is 11.6 Å². The summed E-state index contributed by atoms with van der Waals surface area (Å²) in [7, 11) is 0. The molecule has 0 saturated heterocycles. The van der Waals surface area contributed by atoms with Gasteiger partial charge in [-0.15, -0.1) is 11.3 Å². The molecule has 1 aliphatic heterocycles. The van der Waals surface area contributed by atoms with Crippen LogP contribution in [0.5, 0.6) is 0 Å². The SMILES string of the molecule is O=C(c1sccc1Cl)N1CCc2c(nc(-c3cccnc3)[nH]c2=O)C1. The van der Waals surface area contributed by atoms with Crippen LogP contribution in [0.3, 0.4) is 0 Å². The summed E-state index contributed by atoms with van der Waals surface area (Å²) in [5.74, 6) is 0.330. The number of aromatic amines is 1. The molecular weight excluding hydrogens is 360 g/mol. The highest BCUT2D eigenvalue weighted by molar-refractivity contribution is 7.12. The normalized spacial score (nSPS) is 13.6. The van der Waals surface area contributed by atoms with Crippen molar-refractivity contribution in [3.05, 3.63) is 67.5 Å². The predicted octanol–water partition coefficient (Wildman–Crippen LogP) is 2.75. The van der Waals surface area contributed by atoms with E-state index in [1.165, 1.54) is 11.3 Å². The fraction of sp³-hybridized carbons (Fsp3) is 0.176. The van der Waals surface area contributed by atoms with Crippen molar-refractivity contribution in [3.63, 3.8) is 0 Å². The van der Waals surface area contributed by atoms with Crippen molar-refractivity contribution in [2.45, 2.75) is 13.0 Å². The minimum atomic E-state index is -0.162. The summed E-state index contributed by atoms with van der Waals surface area (Å²) < 4.78 is 0.